The molecule has 0 bridgehead atoms. The van der Waals surface area contributed by atoms with E-state index in [-0.39, 0.29) is 5.78 Å². The number of carbonyl (C=O) groups is 2. The van der Waals surface area contributed by atoms with Crippen LogP contribution in [0.2, 0.25) is 0 Å². The van der Waals surface area contributed by atoms with Crippen molar-refractivity contribution in [3.63, 3.8) is 0 Å². The minimum absolute atomic E-state index is 0.0468. The second-order valence-electron chi connectivity index (χ2n) is 5.28. The van der Waals surface area contributed by atoms with Gasteiger partial charge in [0, 0.05) is 18.3 Å². The zero-order chi connectivity index (χ0) is 16.6. The normalized spacial score (nSPS) is 10.3. The number of nitrogen functional groups attached to an aromatic ring is 1. The zero-order valence-electron chi connectivity index (χ0n) is 14.0. The minimum atomic E-state index is 0.0468. The number of nitrogens with zero attached hydrogens (tertiary/aromatic N) is 1. The molecule has 1 heterocycles. The van der Waals surface area contributed by atoms with Crippen LogP contribution < -0.4 is 5.84 Å². The summed E-state index contributed by atoms with van der Waals surface area (Å²) in [7, 11) is 0. The van der Waals surface area contributed by atoms with Gasteiger partial charge in [-0.3, -0.25) is 14.3 Å². The van der Waals surface area contributed by atoms with Crippen LogP contribution in [0, 0.1) is 0 Å². The minimum Gasteiger partial charge on any atom is -0.339 e. The highest BCUT2D eigenvalue weighted by Gasteiger charge is 1.95. The van der Waals surface area contributed by atoms with E-state index < -0.39 is 0 Å². The Morgan fingerprint density at radius 3 is 2.41 bits per heavy atom. The first-order chi connectivity index (χ1) is 10.7. The van der Waals surface area contributed by atoms with Gasteiger partial charge >= 0.3 is 0 Å². The highest BCUT2D eigenvalue weighted by molar-refractivity contribution is 5.92. The molecule has 2 N–H and O–H groups in total. The van der Waals surface area contributed by atoms with Crippen molar-refractivity contribution in [2.24, 2.45) is 0 Å². The number of hydrogen-bond donors (Lipinski definition) is 1. The molecule has 0 radical (unpaired) electrons. The second kappa shape index (κ2) is 14.1. The Balaban J connectivity index is 0.000000401. The molecule has 1 rings (SSSR count). The third kappa shape index (κ3) is 10.9. The summed E-state index contributed by atoms with van der Waals surface area (Å²) >= 11 is 0. The highest BCUT2D eigenvalue weighted by atomic mass is 16.1. The molecule has 0 unspecified atom stereocenters. The number of unbranched alkanes of at least 4 members (excludes halogenated alkanes) is 4. The van der Waals surface area contributed by atoms with Gasteiger partial charge in [-0.1, -0.05) is 39.5 Å². The van der Waals surface area contributed by atoms with Gasteiger partial charge < -0.3 is 5.84 Å². The molecular formula is C18H30N2O2. The predicted molar refractivity (Wildman–Crippen MR) is 92.2 cm³/mol. The van der Waals surface area contributed by atoms with Gasteiger partial charge in [-0.25, -0.2) is 0 Å². The number of aldehydes is 1. The van der Waals surface area contributed by atoms with Gasteiger partial charge in [0.15, 0.2) is 5.78 Å². The molecule has 0 fully saturated rings. The number of nitrogens with two attached hydrogens (primary N) is 1. The number of aromatic nitrogens is 1. The van der Waals surface area contributed by atoms with E-state index in [4.69, 9.17) is 5.84 Å². The topological polar surface area (TPSA) is 65.1 Å². The first-order valence-electron chi connectivity index (χ1n) is 8.21. The van der Waals surface area contributed by atoms with Gasteiger partial charge in [0.2, 0.25) is 0 Å². The fraction of sp³-hybridized carbons (Fsp3) is 0.556. The number of allylic oxidation sites excluding steroid dienone is 2. The molecule has 1 aromatic heterocycles. The van der Waals surface area contributed by atoms with E-state index in [1.54, 1.807) is 4.68 Å². The standard InChI is InChI=1S/C9H16N2.C9H14O2/c1-2-3-4-6-9-7-5-8-11(9)10;1-2-3-4-6-9(11)7-5-8-10/h5,7-8H,2-4,6,10H2,1H3;5,7-8H,2-4,6H2,1H3/b;7-5+. The molecule has 4 heteroatoms. The van der Waals surface area contributed by atoms with Gasteiger partial charge in [-0.15, -0.1) is 0 Å². The molecule has 4 nitrogen and oxygen atoms in total. The molecule has 0 spiro atoms. The van der Waals surface area contributed by atoms with E-state index in [1.807, 2.05) is 12.3 Å². The number of carbonyl (C=O) groups excluding carboxylic acids is 2. The Bertz CT molecular complexity index is 436. The molecule has 0 aliphatic heterocycles. The monoisotopic (exact) mass is 306 g/mol. The van der Waals surface area contributed by atoms with Crippen LogP contribution in [0.3, 0.4) is 0 Å². The molecule has 0 atom stereocenters. The summed E-state index contributed by atoms with van der Waals surface area (Å²) in [6, 6.07) is 4.07. The van der Waals surface area contributed by atoms with Crippen LogP contribution in [-0.2, 0) is 16.0 Å². The summed E-state index contributed by atoms with van der Waals surface area (Å²) in [5, 5.41) is 0. The van der Waals surface area contributed by atoms with Crippen LogP contribution >= 0.6 is 0 Å². The van der Waals surface area contributed by atoms with Crippen molar-refractivity contribution < 1.29 is 9.59 Å². The average Bonchev–Trinajstić information content (AvgIpc) is 2.92. The molecular weight excluding hydrogens is 276 g/mol. The fourth-order valence-electron chi connectivity index (χ4n) is 1.98. The molecule has 124 valence electrons. The zero-order valence-corrected chi connectivity index (χ0v) is 14.0. The number of aryl methyl sites for hydroxylation is 1. The smallest absolute Gasteiger partial charge is 0.155 e. The van der Waals surface area contributed by atoms with Crippen LogP contribution in [0.15, 0.2) is 30.5 Å². The van der Waals surface area contributed by atoms with Crippen LogP contribution in [0.25, 0.3) is 0 Å². The van der Waals surface area contributed by atoms with E-state index in [0.717, 1.165) is 25.7 Å². The van der Waals surface area contributed by atoms with Gasteiger partial charge in [0.25, 0.3) is 0 Å². The van der Waals surface area contributed by atoms with Crippen LogP contribution in [-0.4, -0.2) is 16.7 Å². The Kier molecular flexibility index (Phi) is 12.9. The van der Waals surface area contributed by atoms with Crippen molar-refractivity contribution in [3.8, 4) is 0 Å². The molecule has 0 saturated carbocycles. The summed E-state index contributed by atoms with van der Waals surface area (Å²) in [5.74, 6) is 5.69. The van der Waals surface area contributed by atoms with Crippen molar-refractivity contribution in [1.82, 2.24) is 4.68 Å². The molecule has 0 saturated heterocycles. The number of hydrogen-bond acceptors (Lipinski definition) is 3. The SMILES string of the molecule is CCCCCC(=O)/C=C/C=O.CCCCCc1cccn1N. The van der Waals surface area contributed by atoms with Crippen LogP contribution in [0.4, 0.5) is 0 Å². The average molecular weight is 306 g/mol. The Morgan fingerprint density at radius 2 is 1.86 bits per heavy atom. The summed E-state index contributed by atoms with van der Waals surface area (Å²) in [6.45, 7) is 4.30. The van der Waals surface area contributed by atoms with Crippen molar-refractivity contribution in [2.75, 3.05) is 5.84 Å². The maximum Gasteiger partial charge on any atom is 0.155 e. The van der Waals surface area contributed by atoms with Gasteiger partial charge in [0.1, 0.15) is 6.29 Å². The maximum absolute atomic E-state index is 10.8. The number of ketones is 1. The summed E-state index contributed by atoms with van der Waals surface area (Å²) in [5.41, 5.74) is 1.23. The number of rotatable bonds is 10. The first kappa shape index (κ1) is 20.2. The van der Waals surface area contributed by atoms with Crippen molar-refractivity contribution in [1.29, 1.82) is 0 Å². The predicted octanol–water partition coefficient (Wildman–Crippen LogP) is 3.83. The van der Waals surface area contributed by atoms with Crippen molar-refractivity contribution in [3.05, 3.63) is 36.2 Å². The molecule has 1 aromatic rings. The quantitative estimate of drug-likeness (QED) is 0.309. The second-order valence-corrected chi connectivity index (χ2v) is 5.28. The lowest BCUT2D eigenvalue weighted by molar-refractivity contribution is -0.115. The van der Waals surface area contributed by atoms with E-state index in [9.17, 15) is 9.59 Å². The third-order valence-corrected chi connectivity index (χ3v) is 3.29. The maximum atomic E-state index is 10.8. The van der Waals surface area contributed by atoms with E-state index in [0.29, 0.717) is 12.7 Å². The summed E-state index contributed by atoms with van der Waals surface area (Å²) in [6.07, 6.45) is 13.7. The van der Waals surface area contributed by atoms with E-state index >= 15 is 0 Å². The largest absolute Gasteiger partial charge is 0.339 e. The third-order valence-electron chi connectivity index (χ3n) is 3.29. The van der Waals surface area contributed by atoms with Gasteiger partial charge in [-0.05, 0) is 43.5 Å². The fourth-order valence-corrected chi connectivity index (χ4v) is 1.98. The van der Waals surface area contributed by atoms with Gasteiger partial charge in [-0.2, -0.15) is 0 Å². The molecule has 0 amide bonds. The first-order valence-corrected chi connectivity index (χ1v) is 8.21. The Hall–Kier alpha value is -1.84. The molecule has 0 aliphatic carbocycles. The van der Waals surface area contributed by atoms with Crippen LogP contribution in [0.5, 0.6) is 0 Å². The lowest BCUT2D eigenvalue weighted by atomic mass is 10.1. The Morgan fingerprint density at radius 1 is 1.18 bits per heavy atom. The van der Waals surface area contributed by atoms with Gasteiger partial charge in [0.05, 0.1) is 0 Å². The summed E-state index contributed by atoms with van der Waals surface area (Å²) < 4.78 is 1.70. The van der Waals surface area contributed by atoms with Crippen LogP contribution in [0.1, 0.15) is 64.5 Å². The molecule has 22 heavy (non-hydrogen) atoms. The van der Waals surface area contributed by atoms with E-state index in [1.165, 1.54) is 37.1 Å². The Labute approximate surface area is 134 Å². The lowest BCUT2D eigenvalue weighted by Crippen LogP contribution is -2.10. The lowest BCUT2D eigenvalue weighted by Gasteiger charge is -2.01. The van der Waals surface area contributed by atoms with Crippen molar-refractivity contribution in [2.45, 2.75) is 65.2 Å². The van der Waals surface area contributed by atoms with Crippen molar-refractivity contribution >= 4 is 12.1 Å². The highest BCUT2D eigenvalue weighted by Crippen LogP contribution is 2.04. The molecule has 0 aliphatic rings. The summed E-state index contributed by atoms with van der Waals surface area (Å²) in [4.78, 5) is 20.6. The van der Waals surface area contributed by atoms with E-state index in [2.05, 4.69) is 19.9 Å². The molecule has 0 aromatic carbocycles.